The monoisotopic (exact) mass is 328 g/mol. The van der Waals surface area contributed by atoms with Gasteiger partial charge in [0.1, 0.15) is 5.78 Å². The molecule has 128 valence electrons. The van der Waals surface area contributed by atoms with Crippen LogP contribution in [0.25, 0.3) is 0 Å². The van der Waals surface area contributed by atoms with Gasteiger partial charge >= 0.3 is 5.97 Å². The van der Waals surface area contributed by atoms with E-state index in [1.54, 1.807) is 6.08 Å². The summed E-state index contributed by atoms with van der Waals surface area (Å²) < 4.78 is 0. The smallest absolute Gasteiger partial charge is 0.307 e. The molecule has 0 amide bonds. The van der Waals surface area contributed by atoms with E-state index in [4.69, 9.17) is 5.11 Å². The van der Waals surface area contributed by atoms with Gasteiger partial charge in [0.15, 0.2) is 0 Å². The van der Waals surface area contributed by atoms with Crippen LogP contribution in [0.2, 0.25) is 0 Å². The summed E-state index contributed by atoms with van der Waals surface area (Å²) in [6.07, 6.45) is 10.7. The van der Waals surface area contributed by atoms with Crippen LogP contribution in [0.15, 0.2) is 35.5 Å². The SMILES string of the molecule is C[C@]12CC[C@H]3[C@@H](C=CC4=C(CC(=O)O)C(O)C=C[C@@H]43)[C@@H]1CCC2=O. The highest BCUT2D eigenvalue weighted by atomic mass is 16.4. The van der Waals surface area contributed by atoms with Crippen molar-refractivity contribution >= 4 is 11.8 Å². The Morgan fingerprint density at radius 2 is 2.08 bits per heavy atom. The predicted octanol–water partition coefficient (Wildman–Crippen LogP) is 2.89. The van der Waals surface area contributed by atoms with Gasteiger partial charge in [-0.15, -0.1) is 0 Å². The van der Waals surface area contributed by atoms with Gasteiger partial charge in [-0.25, -0.2) is 0 Å². The molecule has 2 saturated carbocycles. The molecular formula is C20H24O4. The lowest BCUT2D eigenvalue weighted by Crippen LogP contribution is -2.45. The molecule has 0 aromatic carbocycles. The fourth-order valence-corrected chi connectivity index (χ4v) is 5.70. The first kappa shape index (κ1) is 15.8. The summed E-state index contributed by atoms with van der Waals surface area (Å²) in [6.45, 7) is 2.14. The zero-order valence-corrected chi connectivity index (χ0v) is 13.9. The van der Waals surface area contributed by atoms with Gasteiger partial charge in [0.05, 0.1) is 12.5 Å². The molecule has 2 fully saturated rings. The number of allylic oxidation sites excluding steroid dienone is 4. The second kappa shape index (κ2) is 5.41. The van der Waals surface area contributed by atoms with E-state index in [1.807, 2.05) is 6.08 Å². The van der Waals surface area contributed by atoms with Crippen LogP contribution < -0.4 is 0 Å². The van der Waals surface area contributed by atoms with Crippen LogP contribution >= 0.6 is 0 Å². The molecular weight excluding hydrogens is 304 g/mol. The Morgan fingerprint density at radius 1 is 1.29 bits per heavy atom. The number of rotatable bonds is 2. The number of carbonyl (C=O) groups is 2. The summed E-state index contributed by atoms with van der Waals surface area (Å²) in [6, 6.07) is 0. The summed E-state index contributed by atoms with van der Waals surface area (Å²) in [5.41, 5.74) is 1.44. The van der Waals surface area contributed by atoms with E-state index in [0.29, 0.717) is 35.5 Å². The number of ketones is 1. The van der Waals surface area contributed by atoms with Gasteiger partial charge in [0.25, 0.3) is 0 Å². The molecule has 0 radical (unpaired) electrons. The van der Waals surface area contributed by atoms with Gasteiger partial charge in [-0.05, 0) is 48.2 Å². The van der Waals surface area contributed by atoms with Crippen molar-refractivity contribution in [1.82, 2.24) is 0 Å². The maximum atomic E-state index is 12.4. The van der Waals surface area contributed by atoms with Crippen molar-refractivity contribution in [3.8, 4) is 0 Å². The summed E-state index contributed by atoms with van der Waals surface area (Å²) >= 11 is 0. The molecule has 4 heteroatoms. The standard InChI is InChI=1S/C20H24O4/c1-20-9-8-13-11-4-6-17(21)15(10-19(23)24)12(11)2-3-14(13)16(20)5-7-18(20)22/h2-4,6,11,13-14,16-17,21H,5,7-10H2,1H3,(H,23,24)/t11-,13+,14+,16-,17?,20-/m0/s1. The van der Waals surface area contributed by atoms with Gasteiger partial charge in [0.2, 0.25) is 0 Å². The molecule has 0 aromatic heterocycles. The largest absolute Gasteiger partial charge is 0.481 e. The number of carboxylic acid groups (broad SMARTS) is 1. The predicted molar refractivity (Wildman–Crippen MR) is 89.1 cm³/mol. The maximum absolute atomic E-state index is 12.4. The molecule has 0 heterocycles. The summed E-state index contributed by atoms with van der Waals surface area (Å²) in [4.78, 5) is 23.5. The van der Waals surface area contributed by atoms with Crippen LogP contribution in [-0.2, 0) is 9.59 Å². The lowest BCUT2D eigenvalue weighted by atomic mass is 9.54. The van der Waals surface area contributed by atoms with Crippen molar-refractivity contribution in [1.29, 1.82) is 0 Å². The highest BCUT2D eigenvalue weighted by molar-refractivity contribution is 5.87. The zero-order valence-electron chi connectivity index (χ0n) is 13.9. The van der Waals surface area contributed by atoms with Crippen LogP contribution in [0.4, 0.5) is 0 Å². The summed E-state index contributed by atoms with van der Waals surface area (Å²) in [5, 5.41) is 19.4. The van der Waals surface area contributed by atoms with Crippen molar-refractivity contribution in [2.24, 2.45) is 29.1 Å². The number of Topliss-reactive ketones (excluding diaryl/α,β-unsaturated/α-hetero) is 1. The van der Waals surface area contributed by atoms with Gasteiger partial charge < -0.3 is 10.2 Å². The number of carbonyl (C=O) groups excluding carboxylic acids is 1. The normalized spacial score (nSPS) is 43.4. The molecule has 4 nitrogen and oxygen atoms in total. The minimum Gasteiger partial charge on any atom is -0.481 e. The second-order valence-corrected chi connectivity index (χ2v) is 8.03. The van der Waals surface area contributed by atoms with E-state index < -0.39 is 12.1 Å². The van der Waals surface area contributed by atoms with E-state index in [1.165, 1.54) is 0 Å². The number of hydrogen-bond acceptors (Lipinski definition) is 3. The number of fused-ring (bicyclic) bond motifs is 5. The Hall–Kier alpha value is -1.68. The summed E-state index contributed by atoms with van der Waals surface area (Å²) in [7, 11) is 0. The number of aliphatic carboxylic acids is 1. The Balaban J connectivity index is 1.73. The van der Waals surface area contributed by atoms with Gasteiger partial charge in [-0.1, -0.05) is 31.2 Å². The average Bonchev–Trinajstić information content (AvgIpc) is 2.85. The van der Waals surface area contributed by atoms with E-state index in [-0.39, 0.29) is 17.8 Å². The average molecular weight is 328 g/mol. The van der Waals surface area contributed by atoms with Crippen molar-refractivity contribution in [2.75, 3.05) is 0 Å². The first-order valence-corrected chi connectivity index (χ1v) is 8.94. The van der Waals surface area contributed by atoms with Crippen LogP contribution in [0.3, 0.4) is 0 Å². The van der Waals surface area contributed by atoms with Crippen molar-refractivity contribution in [3.63, 3.8) is 0 Å². The van der Waals surface area contributed by atoms with Crippen LogP contribution in [0, 0.1) is 29.1 Å². The highest BCUT2D eigenvalue weighted by Gasteiger charge is 2.55. The maximum Gasteiger partial charge on any atom is 0.307 e. The Bertz CT molecular complexity index is 686. The van der Waals surface area contributed by atoms with E-state index in [9.17, 15) is 14.7 Å². The summed E-state index contributed by atoms with van der Waals surface area (Å²) in [5.74, 6) is 0.903. The fraction of sp³-hybridized carbons (Fsp3) is 0.600. The van der Waals surface area contributed by atoms with Crippen molar-refractivity contribution < 1.29 is 19.8 Å². The molecule has 6 atom stereocenters. The topological polar surface area (TPSA) is 74.6 Å². The Labute approximate surface area is 141 Å². The molecule has 1 unspecified atom stereocenters. The molecule has 0 aromatic rings. The lowest BCUT2D eigenvalue weighted by Gasteiger charge is -2.49. The molecule has 4 aliphatic carbocycles. The lowest BCUT2D eigenvalue weighted by molar-refractivity contribution is -0.136. The molecule has 24 heavy (non-hydrogen) atoms. The number of carboxylic acids is 1. The Kier molecular flexibility index (Phi) is 3.57. The van der Waals surface area contributed by atoms with Crippen molar-refractivity contribution in [3.05, 3.63) is 35.5 Å². The van der Waals surface area contributed by atoms with E-state index in [2.05, 4.69) is 19.1 Å². The number of hydrogen-bond donors (Lipinski definition) is 2. The second-order valence-electron chi connectivity index (χ2n) is 8.03. The third-order valence-corrected chi connectivity index (χ3v) is 6.98. The fourth-order valence-electron chi connectivity index (χ4n) is 5.70. The van der Waals surface area contributed by atoms with Gasteiger partial charge in [0, 0.05) is 17.8 Å². The highest BCUT2D eigenvalue weighted by Crippen LogP contribution is 2.58. The van der Waals surface area contributed by atoms with Crippen LogP contribution in [0.5, 0.6) is 0 Å². The molecule has 4 aliphatic rings. The third-order valence-electron chi connectivity index (χ3n) is 6.98. The molecule has 0 bridgehead atoms. The van der Waals surface area contributed by atoms with Crippen molar-refractivity contribution in [2.45, 2.75) is 45.1 Å². The van der Waals surface area contributed by atoms with E-state index >= 15 is 0 Å². The quantitative estimate of drug-likeness (QED) is 0.764. The van der Waals surface area contributed by atoms with Crippen LogP contribution in [-0.4, -0.2) is 28.1 Å². The van der Waals surface area contributed by atoms with Crippen LogP contribution in [0.1, 0.15) is 39.0 Å². The van der Waals surface area contributed by atoms with E-state index in [0.717, 1.165) is 24.8 Å². The minimum absolute atomic E-state index is 0.112. The minimum atomic E-state index is -0.904. The molecule has 0 spiro atoms. The first-order chi connectivity index (χ1) is 11.4. The van der Waals surface area contributed by atoms with Gasteiger partial charge in [-0.2, -0.15) is 0 Å². The first-order valence-electron chi connectivity index (χ1n) is 8.94. The molecule has 0 aliphatic heterocycles. The number of aliphatic hydroxyl groups is 1. The number of aliphatic hydroxyl groups excluding tert-OH is 1. The zero-order chi connectivity index (χ0) is 17.1. The Morgan fingerprint density at radius 3 is 2.83 bits per heavy atom. The molecule has 2 N–H and O–H groups in total. The molecule has 0 saturated heterocycles. The molecule has 4 rings (SSSR count). The van der Waals surface area contributed by atoms with Gasteiger partial charge in [-0.3, -0.25) is 9.59 Å². The third kappa shape index (κ3) is 2.16.